The fraction of sp³-hybridized carbons (Fsp3) is 0.714. The van der Waals surface area contributed by atoms with Crippen molar-refractivity contribution in [3.05, 3.63) is 23.9 Å². The lowest BCUT2D eigenvalue weighted by molar-refractivity contribution is 0.0468. The summed E-state index contributed by atoms with van der Waals surface area (Å²) in [4.78, 5) is 11.2. The normalized spacial score (nSPS) is 18.7. The molecule has 0 bridgehead atoms. The van der Waals surface area contributed by atoms with Gasteiger partial charge in [-0.05, 0) is 18.9 Å². The number of hydrogen-bond acceptors (Lipinski definition) is 5. The molecule has 3 rings (SSSR count). The molecule has 1 aromatic heterocycles. The van der Waals surface area contributed by atoms with E-state index in [0.29, 0.717) is 12.6 Å². The summed E-state index contributed by atoms with van der Waals surface area (Å²) in [5.74, 6) is 1.83. The van der Waals surface area contributed by atoms with Crippen LogP contribution in [0.3, 0.4) is 0 Å². The summed E-state index contributed by atoms with van der Waals surface area (Å²) in [6.07, 6.45) is 10.0. The molecule has 1 aliphatic carbocycles. The second-order valence-corrected chi connectivity index (χ2v) is 7.42. The van der Waals surface area contributed by atoms with Gasteiger partial charge in [-0.15, -0.1) is 24.0 Å². The highest BCUT2D eigenvalue weighted by atomic mass is 127. The van der Waals surface area contributed by atoms with Crippen LogP contribution in [0.2, 0.25) is 0 Å². The molecule has 0 spiro atoms. The van der Waals surface area contributed by atoms with E-state index in [9.17, 15) is 0 Å². The molecule has 1 saturated carbocycles. The largest absolute Gasteiger partial charge is 0.378 e. The first kappa shape index (κ1) is 24.1. The molecule has 0 amide bonds. The predicted octanol–water partition coefficient (Wildman–Crippen LogP) is 2.94. The van der Waals surface area contributed by atoms with Gasteiger partial charge in [0.1, 0.15) is 5.82 Å². The Morgan fingerprint density at radius 3 is 2.69 bits per heavy atom. The van der Waals surface area contributed by atoms with E-state index in [1.54, 1.807) is 7.05 Å². The Hall–Kier alpha value is -1.13. The van der Waals surface area contributed by atoms with Gasteiger partial charge in [0.15, 0.2) is 5.96 Å². The first-order valence-corrected chi connectivity index (χ1v) is 10.7. The van der Waals surface area contributed by atoms with Crippen molar-refractivity contribution < 1.29 is 9.47 Å². The highest BCUT2D eigenvalue weighted by Gasteiger charge is 2.16. The van der Waals surface area contributed by atoms with Gasteiger partial charge < -0.3 is 25.0 Å². The number of nitrogens with one attached hydrogen (secondary N) is 2. The molecular weight excluding hydrogens is 481 g/mol. The van der Waals surface area contributed by atoms with Crippen LogP contribution >= 0.6 is 24.0 Å². The summed E-state index contributed by atoms with van der Waals surface area (Å²) < 4.78 is 11.5. The SMILES string of the molecule is CN=C(NCCOC1CCCCCC1)NCc1cccnc1N1CCOCC1.I. The number of ether oxygens (including phenoxy) is 2. The van der Waals surface area contributed by atoms with Crippen molar-refractivity contribution in [1.82, 2.24) is 15.6 Å². The smallest absolute Gasteiger partial charge is 0.191 e. The van der Waals surface area contributed by atoms with Gasteiger partial charge in [0.2, 0.25) is 0 Å². The molecule has 1 aliphatic heterocycles. The Balaban J connectivity index is 0.00000300. The minimum Gasteiger partial charge on any atom is -0.378 e. The zero-order chi connectivity index (χ0) is 19.4. The van der Waals surface area contributed by atoms with E-state index in [-0.39, 0.29) is 24.0 Å². The lowest BCUT2D eigenvalue weighted by atomic mass is 10.1. The molecule has 0 aromatic carbocycles. The molecule has 2 aliphatic rings. The van der Waals surface area contributed by atoms with Gasteiger partial charge in [-0.1, -0.05) is 31.7 Å². The van der Waals surface area contributed by atoms with Crippen LogP contribution in [0, 0.1) is 0 Å². The second-order valence-electron chi connectivity index (χ2n) is 7.42. The quantitative estimate of drug-likeness (QED) is 0.191. The third-order valence-corrected chi connectivity index (χ3v) is 5.40. The van der Waals surface area contributed by atoms with Gasteiger partial charge in [-0.3, -0.25) is 4.99 Å². The number of anilines is 1. The van der Waals surface area contributed by atoms with E-state index in [1.165, 1.54) is 44.1 Å². The molecule has 2 N–H and O–H groups in total. The van der Waals surface area contributed by atoms with Gasteiger partial charge in [0.25, 0.3) is 0 Å². The summed E-state index contributed by atoms with van der Waals surface area (Å²) in [6, 6.07) is 4.10. The van der Waals surface area contributed by atoms with Crippen LogP contribution in [0.25, 0.3) is 0 Å². The molecule has 1 aromatic rings. The standard InChI is InChI=1S/C21H35N5O2.HI/c1-22-21(24-11-14-28-19-8-4-2-3-5-9-19)25-17-18-7-6-10-23-20(18)26-12-15-27-16-13-26;/h6-7,10,19H,2-5,8-9,11-17H2,1H3,(H2,22,24,25);1H. The Bertz CT molecular complexity index is 602. The lowest BCUT2D eigenvalue weighted by Gasteiger charge is -2.29. The number of halogens is 1. The summed E-state index contributed by atoms with van der Waals surface area (Å²) in [5.41, 5.74) is 1.17. The first-order valence-electron chi connectivity index (χ1n) is 10.7. The van der Waals surface area contributed by atoms with E-state index < -0.39 is 0 Å². The summed E-state index contributed by atoms with van der Waals surface area (Å²) in [6.45, 7) is 5.45. The van der Waals surface area contributed by atoms with E-state index in [0.717, 1.165) is 51.2 Å². The first-order chi connectivity index (χ1) is 13.9. The lowest BCUT2D eigenvalue weighted by Crippen LogP contribution is -2.40. The molecule has 7 nitrogen and oxygen atoms in total. The van der Waals surface area contributed by atoms with E-state index in [4.69, 9.17) is 9.47 Å². The third kappa shape index (κ3) is 8.25. The summed E-state index contributed by atoms with van der Waals surface area (Å²) in [7, 11) is 1.80. The van der Waals surface area contributed by atoms with Crippen molar-refractivity contribution in [1.29, 1.82) is 0 Å². The van der Waals surface area contributed by atoms with Crippen LogP contribution in [0.4, 0.5) is 5.82 Å². The molecule has 1 saturated heterocycles. The van der Waals surface area contributed by atoms with Crippen molar-refractivity contribution in [2.45, 2.75) is 51.2 Å². The number of rotatable bonds is 7. The van der Waals surface area contributed by atoms with Crippen LogP contribution in [0.1, 0.15) is 44.1 Å². The molecular formula is C21H36IN5O2. The Morgan fingerprint density at radius 2 is 1.97 bits per heavy atom. The van der Waals surface area contributed by atoms with Crippen molar-refractivity contribution in [3.63, 3.8) is 0 Å². The molecule has 0 unspecified atom stereocenters. The summed E-state index contributed by atoms with van der Waals surface area (Å²) >= 11 is 0. The number of aromatic nitrogens is 1. The van der Waals surface area contributed by atoms with Gasteiger partial charge in [-0.25, -0.2) is 4.98 Å². The van der Waals surface area contributed by atoms with Crippen molar-refractivity contribution in [3.8, 4) is 0 Å². The van der Waals surface area contributed by atoms with Gasteiger partial charge >= 0.3 is 0 Å². The number of pyridine rings is 1. The van der Waals surface area contributed by atoms with Crippen LogP contribution in [0.15, 0.2) is 23.3 Å². The maximum atomic E-state index is 6.05. The molecule has 164 valence electrons. The monoisotopic (exact) mass is 517 g/mol. The molecule has 0 atom stereocenters. The van der Waals surface area contributed by atoms with Crippen LogP contribution < -0.4 is 15.5 Å². The number of aliphatic imine (C=N–C) groups is 1. The maximum absolute atomic E-state index is 6.05. The highest BCUT2D eigenvalue weighted by molar-refractivity contribution is 14.0. The van der Waals surface area contributed by atoms with Crippen LogP contribution in [-0.4, -0.2) is 63.6 Å². The molecule has 8 heteroatoms. The maximum Gasteiger partial charge on any atom is 0.191 e. The number of nitrogens with zero attached hydrogens (tertiary/aromatic N) is 3. The number of hydrogen-bond donors (Lipinski definition) is 2. The van der Waals surface area contributed by atoms with E-state index >= 15 is 0 Å². The average Bonchev–Trinajstić information content (AvgIpc) is 3.03. The van der Waals surface area contributed by atoms with Crippen molar-refractivity contribution in [2.75, 3.05) is 51.4 Å². The fourth-order valence-electron chi connectivity index (χ4n) is 3.83. The fourth-order valence-corrected chi connectivity index (χ4v) is 3.83. The Morgan fingerprint density at radius 1 is 1.21 bits per heavy atom. The van der Waals surface area contributed by atoms with E-state index in [2.05, 4.69) is 31.6 Å². The molecule has 2 fully saturated rings. The predicted molar refractivity (Wildman–Crippen MR) is 128 cm³/mol. The zero-order valence-corrected chi connectivity index (χ0v) is 19.9. The number of morpholine rings is 1. The van der Waals surface area contributed by atoms with Crippen LogP contribution in [0.5, 0.6) is 0 Å². The van der Waals surface area contributed by atoms with Crippen molar-refractivity contribution >= 4 is 35.8 Å². The highest BCUT2D eigenvalue weighted by Crippen LogP contribution is 2.20. The molecule has 2 heterocycles. The average molecular weight is 517 g/mol. The van der Waals surface area contributed by atoms with Crippen molar-refractivity contribution in [2.24, 2.45) is 4.99 Å². The second kappa shape index (κ2) is 14.0. The van der Waals surface area contributed by atoms with Crippen LogP contribution in [-0.2, 0) is 16.0 Å². The van der Waals surface area contributed by atoms with Gasteiger partial charge in [0, 0.05) is 45.0 Å². The minimum absolute atomic E-state index is 0. The van der Waals surface area contributed by atoms with Gasteiger partial charge in [-0.2, -0.15) is 0 Å². The Kier molecular flexibility index (Phi) is 11.6. The third-order valence-electron chi connectivity index (χ3n) is 5.40. The summed E-state index contributed by atoms with van der Waals surface area (Å²) in [5, 5.41) is 6.75. The zero-order valence-electron chi connectivity index (χ0n) is 17.6. The topological polar surface area (TPSA) is 71.0 Å². The molecule has 0 radical (unpaired) electrons. The Labute approximate surface area is 192 Å². The molecule has 29 heavy (non-hydrogen) atoms. The number of guanidine groups is 1. The van der Waals surface area contributed by atoms with Gasteiger partial charge in [0.05, 0.1) is 25.9 Å². The minimum atomic E-state index is 0. The van der Waals surface area contributed by atoms with E-state index in [1.807, 2.05) is 12.3 Å².